The lowest BCUT2D eigenvalue weighted by Gasteiger charge is -2.16. The Morgan fingerprint density at radius 3 is 2.43 bits per heavy atom. The van der Waals surface area contributed by atoms with Crippen molar-refractivity contribution >= 4 is 16.8 Å². The van der Waals surface area contributed by atoms with Crippen molar-refractivity contribution in [1.29, 1.82) is 0 Å². The molecule has 0 bridgehead atoms. The zero-order valence-corrected chi connectivity index (χ0v) is 20.3. The number of hydrogen-bond acceptors (Lipinski definition) is 2. The molecule has 1 N–H and O–H groups in total. The number of rotatable bonds is 9. The highest BCUT2D eigenvalue weighted by Crippen LogP contribution is 2.34. The van der Waals surface area contributed by atoms with E-state index in [-0.39, 0.29) is 18.4 Å². The first-order valence-electron chi connectivity index (χ1n) is 11.9. The number of benzene rings is 3. The van der Waals surface area contributed by atoms with Crippen LogP contribution in [0, 0.1) is 11.6 Å². The average molecular weight is 477 g/mol. The van der Waals surface area contributed by atoms with Gasteiger partial charge in [-0.15, -0.1) is 0 Å². The quantitative estimate of drug-likeness (QED) is 0.288. The van der Waals surface area contributed by atoms with Crippen LogP contribution in [-0.2, 0) is 13.1 Å². The average Bonchev–Trinajstić information content (AvgIpc) is 3.17. The molecule has 0 radical (unpaired) electrons. The molecule has 4 nitrogen and oxygen atoms in total. The summed E-state index contributed by atoms with van der Waals surface area (Å²) in [6, 6.07) is 19.6. The summed E-state index contributed by atoms with van der Waals surface area (Å²) in [4.78, 5) is 13.5. The van der Waals surface area contributed by atoms with E-state index in [9.17, 15) is 13.6 Å². The molecule has 3 aromatic carbocycles. The van der Waals surface area contributed by atoms with Gasteiger partial charge in [0.15, 0.2) is 11.6 Å². The van der Waals surface area contributed by atoms with Crippen LogP contribution in [0.2, 0.25) is 0 Å². The zero-order valence-electron chi connectivity index (χ0n) is 20.3. The molecule has 4 rings (SSSR count). The molecular formula is C29H30F2N2O2. The third-order valence-corrected chi connectivity index (χ3v) is 5.94. The molecule has 0 aliphatic rings. The number of nitrogens with zero attached hydrogens (tertiary/aromatic N) is 1. The van der Waals surface area contributed by atoms with Gasteiger partial charge in [-0.1, -0.05) is 57.2 Å². The van der Waals surface area contributed by atoms with Gasteiger partial charge in [-0.25, -0.2) is 8.78 Å². The second-order valence-corrected chi connectivity index (χ2v) is 8.95. The Bertz CT molecular complexity index is 1330. The Balaban J connectivity index is 1.77. The standard InChI is InChI=1S/C29H30F2N2O2/c1-4-14-35-22-11-12-23-26(16-22)33(18-20-8-6-5-7-9-20)28(19(2)3)27(23)29(34)32-17-21-10-13-24(30)25(31)15-21/h5-13,15-16,19H,4,14,17-18H2,1-3H3,(H,32,34). The molecule has 0 unspecified atom stereocenters. The van der Waals surface area contributed by atoms with Gasteiger partial charge in [0.05, 0.1) is 17.7 Å². The van der Waals surface area contributed by atoms with E-state index < -0.39 is 11.6 Å². The topological polar surface area (TPSA) is 43.3 Å². The third-order valence-electron chi connectivity index (χ3n) is 5.94. The number of amides is 1. The molecule has 0 saturated heterocycles. The molecule has 0 aliphatic carbocycles. The van der Waals surface area contributed by atoms with Crippen LogP contribution in [0.15, 0.2) is 66.7 Å². The van der Waals surface area contributed by atoms with Crippen LogP contribution >= 0.6 is 0 Å². The van der Waals surface area contributed by atoms with Gasteiger partial charge in [0.1, 0.15) is 5.75 Å². The first-order valence-corrected chi connectivity index (χ1v) is 11.9. The first-order chi connectivity index (χ1) is 16.9. The molecule has 35 heavy (non-hydrogen) atoms. The van der Waals surface area contributed by atoms with Crippen molar-refractivity contribution in [3.63, 3.8) is 0 Å². The molecule has 0 saturated carbocycles. The fraction of sp³-hybridized carbons (Fsp3) is 0.276. The number of carbonyl (C=O) groups is 1. The number of ether oxygens (including phenoxy) is 1. The van der Waals surface area contributed by atoms with Crippen LogP contribution in [0.3, 0.4) is 0 Å². The van der Waals surface area contributed by atoms with E-state index in [4.69, 9.17) is 4.74 Å². The maximum Gasteiger partial charge on any atom is 0.254 e. The molecule has 0 fully saturated rings. The SMILES string of the molecule is CCCOc1ccc2c(C(=O)NCc3ccc(F)c(F)c3)c(C(C)C)n(Cc3ccccc3)c2c1. The van der Waals surface area contributed by atoms with E-state index in [0.29, 0.717) is 24.3 Å². The predicted molar refractivity (Wildman–Crippen MR) is 135 cm³/mol. The van der Waals surface area contributed by atoms with Crippen LogP contribution in [0.5, 0.6) is 5.75 Å². The van der Waals surface area contributed by atoms with Crippen LogP contribution in [-0.4, -0.2) is 17.1 Å². The number of fused-ring (bicyclic) bond motifs is 1. The fourth-order valence-corrected chi connectivity index (χ4v) is 4.35. The first kappa shape index (κ1) is 24.5. The maximum atomic E-state index is 13.6. The fourth-order valence-electron chi connectivity index (χ4n) is 4.35. The number of hydrogen-bond donors (Lipinski definition) is 1. The Labute approximate surface area is 204 Å². The highest BCUT2D eigenvalue weighted by atomic mass is 19.2. The van der Waals surface area contributed by atoms with E-state index in [0.717, 1.165) is 46.5 Å². The molecule has 0 aliphatic heterocycles. The van der Waals surface area contributed by atoms with Gasteiger partial charge >= 0.3 is 0 Å². The third kappa shape index (κ3) is 5.37. The van der Waals surface area contributed by atoms with E-state index in [1.165, 1.54) is 6.07 Å². The van der Waals surface area contributed by atoms with E-state index in [1.54, 1.807) is 0 Å². The van der Waals surface area contributed by atoms with Crippen molar-refractivity contribution in [2.75, 3.05) is 6.61 Å². The van der Waals surface area contributed by atoms with Gasteiger partial charge in [-0.3, -0.25) is 4.79 Å². The Hall–Kier alpha value is -3.67. The molecule has 0 spiro atoms. The summed E-state index contributed by atoms with van der Waals surface area (Å²) in [7, 11) is 0. The number of carbonyl (C=O) groups excluding carboxylic acids is 1. The molecule has 1 aromatic heterocycles. The molecular weight excluding hydrogens is 446 g/mol. The van der Waals surface area contributed by atoms with E-state index in [2.05, 4.69) is 42.8 Å². The lowest BCUT2D eigenvalue weighted by atomic mass is 10.0. The minimum absolute atomic E-state index is 0.0649. The minimum atomic E-state index is -0.932. The molecule has 4 aromatic rings. The smallest absolute Gasteiger partial charge is 0.254 e. The Morgan fingerprint density at radius 2 is 1.74 bits per heavy atom. The highest BCUT2D eigenvalue weighted by molar-refractivity contribution is 6.09. The van der Waals surface area contributed by atoms with Crippen molar-refractivity contribution < 1.29 is 18.3 Å². The van der Waals surface area contributed by atoms with Gasteiger partial charge in [0.25, 0.3) is 5.91 Å². The van der Waals surface area contributed by atoms with E-state index in [1.807, 2.05) is 36.4 Å². The number of halogens is 2. The summed E-state index contributed by atoms with van der Waals surface area (Å²) in [5, 5.41) is 3.73. The Kier molecular flexibility index (Phi) is 7.49. The highest BCUT2D eigenvalue weighted by Gasteiger charge is 2.25. The predicted octanol–water partition coefficient (Wildman–Crippen LogP) is 6.81. The summed E-state index contributed by atoms with van der Waals surface area (Å²) >= 11 is 0. The summed E-state index contributed by atoms with van der Waals surface area (Å²) in [5.41, 5.74) is 4.05. The molecule has 6 heteroatoms. The lowest BCUT2D eigenvalue weighted by Crippen LogP contribution is -2.24. The van der Waals surface area contributed by atoms with Crippen LogP contribution in [0.4, 0.5) is 8.78 Å². The molecule has 1 heterocycles. The number of aromatic nitrogens is 1. The molecule has 1 amide bonds. The van der Waals surface area contributed by atoms with Crippen molar-refractivity contribution in [3.8, 4) is 5.75 Å². The number of nitrogens with one attached hydrogen (secondary N) is 1. The van der Waals surface area contributed by atoms with Gasteiger partial charge in [0, 0.05) is 30.2 Å². The largest absolute Gasteiger partial charge is 0.494 e. The Morgan fingerprint density at radius 1 is 0.971 bits per heavy atom. The second-order valence-electron chi connectivity index (χ2n) is 8.95. The van der Waals surface area contributed by atoms with Crippen LogP contribution in [0.25, 0.3) is 10.9 Å². The van der Waals surface area contributed by atoms with Crippen molar-refractivity contribution in [2.24, 2.45) is 0 Å². The zero-order chi connectivity index (χ0) is 24.9. The van der Waals surface area contributed by atoms with E-state index >= 15 is 0 Å². The monoisotopic (exact) mass is 476 g/mol. The lowest BCUT2D eigenvalue weighted by molar-refractivity contribution is 0.0951. The van der Waals surface area contributed by atoms with Crippen molar-refractivity contribution in [3.05, 3.63) is 101 Å². The normalized spacial score (nSPS) is 11.3. The van der Waals surface area contributed by atoms with Gasteiger partial charge in [-0.2, -0.15) is 0 Å². The maximum absolute atomic E-state index is 13.6. The van der Waals surface area contributed by atoms with Crippen LogP contribution < -0.4 is 10.1 Å². The summed E-state index contributed by atoms with van der Waals surface area (Å²) in [6.45, 7) is 7.51. The summed E-state index contributed by atoms with van der Waals surface area (Å²) in [6.07, 6.45) is 0.901. The van der Waals surface area contributed by atoms with Gasteiger partial charge < -0.3 is 14.6 Å². The van der Waals surface area contributed by atoms with Crippen molar-refractivity contribution in [2.45, 2.75) is 46.2 Å². The van der Waals surface area contributed by atoms with Crippen molar-refractivity contribution in [1.82, 2.24) is 9.88 Å². The van der Waals surface area contributed by atoms with Gasteiger partial charge in [-0.05, 0) is 47.7 Å². The van der Waals surface area contributed by atoms with Crippen LogP contribution in [0.1, 0.15) is 60.3 Å². The molecule has 0 atom stereocenters. The second kappa shape index (κ2) is 10.7. The van der Waals surface area contributed by atoms with Gasteiger partial charge in [0.2, 0.25) is 0 Å². The summed E-state index contributed by atoms with van der Waals surface area (Å²) in [5.74, 6) is -1.27. The molecule has 182 valence electrons. The minimum Gasteiger partial charge on any atom is -0.494 e. The summed E-state index contributed by atoms with van der Waals surface area (Å²) < 4.78 is 35.0.